The Morgan fingerprint density at radius 1 is 1.27 bits per heavy atom. The second-order valence-corrected chi connectivity index (χ2v) is 6.17. The normalized spacial score (nSPS) is 19.5. The molecule has 2 N–H and O–H groups in total. The van der Waals surface area contributed by atoms with Crippen LogP contribution in [0.2, 0.25) is 0 Å². The van der Waals surface area contributed by atoms with Crippen LogP contribution in [0.1, 0.15) is 28.8 Å². The molecule has 2 heterocycles. The van der Waals surface area contributed by atoms with Crippen molar-refractivity contribution in [2.75, 3.05) is 26.3 Å². The summed E-state index contributed by atoms with van der Waals surface area (Å²) >= 11 is 0. The fourth-order valence-electron chi connectivity index (χ4n) is 3.12. The van der Waals surface area contributed by atoms with E-state index in [1.807, 2.05) is 0 Å². The molecule has 0 radical (unpaired) electrons. The smallest absolute Gasteiger partial charge is 0.335 e. The molecule has 0 atom stereocenters. The second kappa shape index (κ2) is 5.96. The average Bonchev–Trinajstić information content (AvgIpc) is 2.51. The first-order valence-electron chi connectivity index (χ1n) is 7.51. The zero-order valence-electron chi connectivity index (χ0n) is 12.4. The van der Waals surface area contributed by atoms with Gasteiger partial charge in [0.05, 0.1) is 12.2 Å². The van der Waals surface area contributed by atoms with Crippen LogP contribution in [0.15, 0.2) is 24.3 Å². The largest absolute Gasteiger partial charge is 0.478 e. The van der Waals surface area contributed by atoms with E-state index in [4.69, 9.17) is 9.84 Å². The highest BCUT2D eigenvalue weighted by Crippen LogP contribution is 2.37. The van der Waals surface area contributed by atoms with E-state index in [2.05, 4.69) is 5.32 Å². The van der Waals surface area contributed by atoms with Crippen LogP contribution in [0.4, 0.5) is 4.79 Å². The SMILES string of the molecule is O=C(O)c1ccc(CNC(=O)N2CC3(CCCOC3)C2)cc1. The van der Waals surface area contributed by atoms with Gasteiger partial charge in [0.15, 0.2) is 0 Å². The molecule has 6 heteroatoms. The predicted octanol–water partition coefficient (Wildman–Crippen LogP) is 1.71. The Morgan fingerprint density at radius 2 is 2.00 bits per heavy atom. The number of aromatic carboxylic acids is 1. The third-order valence-corrected chi connectivity index (χ3v) is 4.39. The molecule has 0 saturated carbocycles. The highest BCUT2D eigenvalue weighted by Gasteiger charge is 2.46. The average molecular weight is 304 g/mol. The van der Waals surface area contributed by atoms with E-state index in [-0.39, 0.29) is 17.0 Å². The van der Waals surface area contributed by atoms with Crippen molar-refractivity contribution in [3.05, 3.63) is 35.4 Å². The molecule has 2 fully saturated rings. The molecule has 1 spiro atoms. The lowest BCUT2D eigenvalue weighted by Crippen LogP contribution is -2.63. The van der Waals surface area contributed by atoms with E-state index in [1.165, 1.54) is 0 Å². The molecule has 1 aromatic rings. The summed E-state index contributed by atoms with van der Waals surface area (Å²) in [5, 5.41) is 11.7. The number of nitrogens with zero attached hydrogens (tertiary/aromatic N) is 1. The Labute approximate surface area is 129 Å². The number of amides is 2. The highest BCUT2D eigenvalue weighted by atomic mass is 16.5. The first-order valence-corrected chi connectivity index (χ1v) is 7.51. The number of carboxylic acids is 1. The topological polar surface area (TPSA) is 78.9 Å². The molecule has 118 valence electrons. The first kappa shape index (κ1) is 14.8. The number of carbonyl (C=O) groups is 2. The number of hydrogen-bond acceptors (Lipinski definition) is 3. The van der Waals surface area contributed by atoms with Gasteiger partial charge in [-0.25, -0.2) is 9.59 Å². The molecule has 1 aromatic carbocycles. The molecule has 2 saturated heterocycles. The van der Waals surface area contributed by atoms with Gasteiger partial charge in [-0.1, -0.05) is 12.1 Å². The number of likely N-dealkylation sites (tertiary alicyclic amines) is 1. The number of nitrogens with one attached hydrogen (secondary N) is 1. The lowest BCUT2D eigenvalue weighted by atomic mass is 9.76. The molecule has 6 nitrogen and oxygen atoms in total. The van der Waals surface area contributed by atoms with Gasteiger partial charge in [-0.2, -0.15) is 0 Å². The fraction of sp³-hybridized carbons (Fsp3) is 0.500. The Morgan fingerprint density at radius 3 is 2.59 bits per heavy atom. The maximum Gasteiger partial charge on any atom is 0.335 e. The minimum atomic E-state index is -0.948. The number of carboxylic acid groups (broad SMARTS) is 1. The van der Waals surface area contributed by atoms with Crippen molar-refractivity contribution < 1.29 is 19.4 Å². The van der Waals surface area contributed by atoms with Gasteiger partial charge in [0.2, 0.25) is 0 Å². The Hall–Kier alpha value is -2.08. The van der Waals surface area contributed by atoms with Crippen LogP contribution < -0.4 is 5.32 Å². The van der Waals surface area contributed by atoms with Gasteiger partial charge in [-0.05, 0) is 30.5 Å². The number of rotatable bonds is 3. The second-order valence-electron chi connectivity index (χ2n) is 6.17. The molecule has 0 aromatic heterocycles. The molecule has 2 aliphatic heterocycles. The van der Waals surface area contributed by atoms with Gasteiger partial charge in [0.25, 0.3) is 0 Å². The molecule has 2 amide bonds. The number of hydrogen-bond donors (Lipinski definition) is 2. The Kier molecular flexibility index (Phi) is 4.02. The summed E-state index contributed by atoms with van der Waals surface area (Å²) in [6, 6.07) is 6.45. The van der Waals surface area contributed by atoms with Gasteiger partial charge in [-0.15, -0.1) is 0 Å². The zero-order chi connectivity index (χ0) is 15.6. The van der Waals surface area contributed by atoms with Crippen molar-refractivity contribution in [3.8, 4) is 0 Å². The maximum atomic E-state index is 12.1. The van der Waals surface area contributed by atoms with E-state index < -0.39 is 5.97 Å². The van der Waals surface area contributed by atoms with Gasteiger partial charge >= 0.3 is 12.0 Å². The van der Waals surface area contributed by atoms with Crippen LogP contribution in [-0.2, 0) is 11.3 Å². The first-order chi connectivity index (χ1) is 10.6. The van der Waals surface area contributed by atoms with E-state index in [1.54, 1.807) is 29.2 Å². The molecular formula is C16H20N2O4. The van der Waals surface area contributed by atoms with E-state index in [9.17, 15) is 9.59 Å². The van der Waals surface area contributed by atoms with Gasteiger partial charge in [-0.3, -0.25) is 0 Å². The summed E-state index contributed by atoms with van der Waals surface area (Å²) < 4.78 is 5.51. The monoisotopic (exact) mass is 304 g/mol. The van der Waals surface area contributed by atoms with Crippen molar-refractivity contribution in [2.24, 2.45) is 5.41 Å². The van der Waals surface area contributed by atoms with Crippen LogP contribution in [0, 0.1) is 5.41 Å². The van der Waals surface area contributed by atoms with E-state index >= 15 is 0 Å². The molecule has 2 aliphatic rings. The van der Waals surface area contributed by atoms with Crippen LogP contribution in [0.25, 0.3) is 0 Å². The summed E-state index contributed by atoms with van der Waals surface area (Å²) in [6.07, 6.45) is 2.21. The maximum absolute atomic E-state index is 12.1. The van der Waals surface area contributed by atoms with E-state index in [0.717, 1.165) is 44.7 Å². The van der Waals surface area contributed by atoms with Crippen molar-refractivity contribution in [1.29, 1.82) is 0 Å². The molecule has 0 aliphatic carbocycles. The molecule has 22 heavy (non-hydrogen) atoms. The fourth-order valence-corrected chi connectivity index (χ4v) is 3.12. The van der Waals surface area contributed by atoms with Crippen molar-refractivity contribution in [1.82, 2.24) is 10.2 Å². The Balaban J connectivity index is 1.46. The molecule has 3 rings (SSSR count). The molecule has 0 bridgehead atoms. The van der Waals surface area contributed by atoms with Gasteiger partial charge in [0, 0.05) is 31.7 Å². The third-order valence-electron chi connectivity index (χ3n) is 4.39. The number of carbonyl (C=O) groups excluding carboxylic acids is 1. The van der Waals surface area contributed by atoms with Gasteiger partial charge < -0.3 is 20.1 Å². The standard InChI is InChI=1S/C16H20N2O4/c19-14(20)13-4-2-12(3-5-13)8-17-15(21)18-9-16(10-18)6-1-7-22-11-16/h2-5H,1,6-11H2,(H,17,21)(H,19,20). The van der Waals surface area contributed by atoms with Crippen molar-refractivity contribution in [3.63, 3.8) is 0 Å². The summed E-state index contributed by atoms with van der Waals surface area (Å²) in [7, 11) is 0. The third kappa shape index (κ3) is 3.06. The quantitative estimate of drug-likeness (QED) is 0.891. The Bertz CT molecular complexity index is 556. The lowest BCUT2D eigenvalue weighted by molar-refractivity contribution is -0.0826. The number of benzene rings is 1. The summed E-state index contributed by atoms with van der Waals surface area (Å²) in [6.45, 7) is 3.51. The number of urea groups is 1. The van der Waals surface area contributed by atoms with Crippen molar-refractivity contribution >= 4 is 12.0 Å². The van der Waals surface area contributed by atoms with Gasteiger partial charge in [0.1, 0.15) is 0 Å². The van der Waals surface area contributed by atoms with E-state index in [0.29, 0.717) is 6.54 Å². The highest BCUT2D eigenvalue weighted by molar-refractivity contribution is 5.87. The molecular weight excluding hydrogens is 284 g/mol. The summed E-state index contributed by atoms with van der Waals surface area (Å²) in [5.41, 5.74) is 1.31. The minimum Gasteiger partial charge on any atom is -0.478 e. The van der Waals surface area contributed by atoms with Crippen LogP contribution in [-0.4, -0.2) is 48.3 Å². The minimum absolute atomic E-state index is 0.0708. The molecule has 0 unspecified atom stereocenters. The summed E-state index contributed by atoms with van der Waals surface area (Å²) in [5.74, 6) is -0.948. The summed E-state index contributed by atoms with van der Waals surface area (Å²) in [4.78, 5) is 24.7. The zero-order valence-corrected chi connectivity index (χ0v) is 12.4. The number of ether oxygens (including phenoxy) is 1. The van der Waals surface area contributed by atoms with Crippen molar-refractivity contribution in [2.45, 2.75) is 19.4 Å². The lowest BCUT2D eigenvalue weighted by Gasteiger charge is -2.51. The van der Waals surface area contributed by atoms with Crippen LogP contribution in [0.5, 0.6) is 0 Å². The van der Waals surface area contributed by atoms with Crippen LogP contribution >= 0.6 is 0 Å². The van der Waals surface area contributed by atoms with Crippen LogP contribution in [0.3, 0.4) is 0 Å². The predicted molar refractivity (Wildman–Crippen MR) is 79.7 cm³/mol.